The van der Waals surface area contributed by atoms with Gasteiger partial charge in [0, 0.05) is 63.0 Å². The second-order valence-corrected chi connectivity index (χ2v) is 9.21. The molecule has 0 N–H and O–H groups in total. The topological polar surface area (TPSA) is 22.6 Å². The molecule has 4 nitrogen and oxygen atoms in total. The van der Waals surface area contributed by atoms with Gasteiger partial charge in [0.1, 0.15) is 0 Å². The lowest BCUT2D eigenvalue weighted by Gasteiger charge is -2.41. The molecule has 0 spiro atoms. The second kappa shape index (κ2) is 7.28. The van der Waals surface area contributed by atoms with E-state index < -0.39 is 0 Å². The van der Waals surface area contributed by atoms with E-state index in [2.05, 4.69) is 69.2 Å². The van der Waals surface area contributed by atoms with Crippen molar-refractivity contribution < 1.29 is 0 Å². The molecule has 2 atom stereocenters. The molecule has 1 fully saturated rings. The second-order valence-electron chi connectivity index (χ2n) is 9.21. The Labute approximate surface area is 179 Å². The van der Waals surface area contributed by atoms with Crippen molar-refractivity contribution in [2.45, 2.75) is 31.2 Å². The van der Waals surface area contributed by atoms with Gasteiger partial charge >= 0.3 is 0 Å². The number of likely N-dealkylation sites (tertiary alicyclic amines) is 1. The SMILES string of the molecule is CN1CCN2c3c(cccc31)[C@@H]1CN(CCCc3cccc4ccncc34)CC[C@@H]12. The molecule has 0 saturated carbocycles. The van der Waals surface area contributed by atoms with E-state index in [-0.39, 0.29) is 0 Å². The molecule has 0 amide bonds. The van der Waals surface area contributed by atoms with E-state index in [0.29, 0.717) is 12.0 Å². The smallest absolute Gasteiger partial charge is 0.0644 e. The summed E-state index contributed by atoms with van der Waals surface area (Å²) in [6.45, 7) is 5.95. The Hall–Kier alpha value is -2.59. The van der Waals surface area contributed by atoms with E-state index in [4.69, 9.17) is 0 Å². The summed E-state index contributed by atoms with van der Waals surface area (Å²) in [5.41, 5.74) is 6.00. The minimum absolute atomic E-state index is 0.668. The van der Waals surface area contributed by atoms with Gasteiger partial charge in [0.2, 0.25) is 0 Å². The van der Waals surface area contributed by atoms with Crippen molar-refractivity contribution in [3.63, 3.8) is 0 Å². The first-order valence-corrected chi connectivity index (χ1v) is 11.4. The third kappa shape index (κ3) is 2.89. The van der Waals surface area contributed by atoms with Gasteiger partial charge in [0.05, 0.1) is 11.4 Å². The molecule has 0 radical (unpaired) electrons. The Morgan fingerprint density at radius 3 is 2.93 bits per heavy atom. The van der Waals surface area contributed by atoms with Gasteiger partial charge in [-0.15, -0.1) is 0 Å². The van der Waals surface area contributed by atoms with E-state index in [1.54, 1.807) is 5.56 Å². The highest BCUT2D eigenvalue weighted by molar-refractivity contribution is 5.84. The maximum absolute atomic E-state index is 4.34. The number of likely N-dealkylation sites (N-methyl/N-ethyl adjacent to an activating group) is 1. The van der Waals surface area contributed by atoms with Crippen LogP contribution in [0, 0.1) is 0 Å². The van der Waals surface area contributed by atoms with Crippen LogP contribution >= 0.6 is 0 Å². The number of benzene rings is 2. The Kier molecular flexibility index (Phi) is 4.41. The van der Waals surface area contributed by atoms with E-state index in [1.807, 2.05) is 12.4 Å². The molecule has 3 aliphatic heterocycles. The normalized spacial score (nSPS) is 23.0. The monoisotopic (exact) mass is 398 g/mol. The molecule has 154 valence electrons. The minimum atomic E-state index is 0.668. The number of rotatable bonds is 4. The molecular weight excluding hydrogens is 368 g/mol. The number of para-hydroxylation sites is 1. The Bertz CT molecular complexity index is 1070. The van der Waals surface area contributed by atoms with Crippen LogP contribution in [-0.2, 0) is 6.42 Å². The summed E-state index contributed by atoms with van der Waals surface area (Å²) in [7, 11) is 2.24. The third-order valence-corrected chi connectivity index (χ3v) is 7.58. The Balaban J connectivity index is 1.15. The fraction of sp³-hybridized carbons (Fsp3) is 0.423. The van der Waals surface area contributed by atoms with Crippen molar-refractivity contribution in [3.05, 3.63) is 66.0 Å². The van der Waals surface area contributed by atoms with Gasteiger partial charge in [-0.25, -0.2) is 0 Å². The van der Waals surface area contributed by atoms with Gasteiger partial charge in [-0.2, -0.15) is 0 Å². The van der Waals surface area contributed by atoms with Gasteiger partial charge < -0.3 is 14.7 Å². The lowest BCUT2D eigenvalue weighted by atomic mass is 9.89. The maximum Gasteiger partial charge on any atom is 0.0644 e. The van der Waals surface area contributed by atoms with Crippen LogP contribution in [0.4, 0.5) is 11.4 Å². The van der Waals surface area contributed by atoms with Crippen LogP contribution in [0.15, 0.2) is 54.9 Å². The van der Waals surface area contributed by atoms with Crippen molar-refractivity contribution in [1.29, 1.82) is 0 Å². The quantitative estimate of drug-likeness (QED) is 0.654. The maximum atomic E-state index is 4.34. The van der Waals surface area contributed by atoms with Crippen LogP contribution in [0.3, 0.4) is 0 Å². The fourth-order valence-corrected chi connectivity index (χ4v) is 6.07. The van der Waals surface area contributed by atoms with Gasteiger partial charge in [-0.05, 0) is 54.5 Å². The summed E-state index contributed by atoms with van der Waals surface area (Å²) in [5, 5.41) is 2.62. The summed E-state index contributed by atoms with van der Waals surface area (Å²) >= 11 is 0. The molecular formula is C26H30N4. The van der Waals surface area contributed by atoms with E-state index in [0.717, 1.165) is 13.0 Å². The average Bonchev–Trinajstić information content (AvgIpc) is 3.11. The molecule has 6 rings (SSSR count). The summed E-state index contributed by atoms with van der Waals surface area (Å²) in [4.78, 5) is 12.2. The van der Waals surface area contributed by atoms with Crippen molar-refractivity contribution in [2.75, 3.05) is 49.6 Å². The summed E-state index contributed by atoms with van der Waals surface area (Å²) < 4.78 is 0. The number of aromatic nitrogens is 1. The minimum Gasteiger partial charge on any atom is -0.371 e. The first-order chi connectivity index (χ1) is 14.8. The zero-order chi connectivity index (χ0) is 20.1. The van der Waals surface area contributed by atoms with E-state index >= 15 is 0 Å². The van der Waals surface area contributed by atoms with Gasteiger partial charge in [-0.3, -0.25) is 4.98 Å². The highest BCUT2D eigenvalue weighted by atomic mass is 15.3. The number of pyridine rings is 1. The van der Waals surface area contributed by atoms with Gasteiger partial charge in [-0.1, -0.05) is 30.3 Å². The molecule has 2 aromatic carbocycles. The lowest BCUT2D eigenvalue weighted by molar-refractivity contribution is 0.191. The van der Waals surface area contributed by atoms with Crippen LogP contribution in [0.25, 0.3) is 10.8 Å². The summed E-state index contributed by atoms with van der Waals surface area (Å²) in [6, 6.07) is 16.4. The molecule has 1 aromatic heterocycles. The number of hydrogen-bond donors (Lipinski definition) is 0. The summed E-state index contributed by atoms with van der Waals surface area (Å²) in [5.74, 6) is 0.668. The van der Waals surface area contributed by atoms with Gasteiger partial charge in [0.25, 0.3) is 0 Å². The summed E-state index contributed by atoms with van der Waals surface area (Å²) in [6.07, 6.45) is 7.55. The molecule has 0 aliphatic carbocycles. The molecule has 3 aliphatic rings. The highest BCUT2D eigenvalue weighted by Gasteiger charge is 2.44. The van der Waals surface area contributed by atoms with Crippen molar-refractivity contribution in [2.24, 2.45) is 0 Å². The number of hydrogen-bond acceptors (Lipinski definition) is 4. The van der Waals surface area contributed by atoms with Crippen molar-refractivity contribution in [3.8, 4) is 0 Å². The standard InChI is InChI=1S/C26H30N4/c1-28-15-16-30-24-11-14-29(18-23(24)21-8-3-9-25(28)26(21)30)13-4-7-19-5-2-6-20-10-12-27-17-22(19)20/h2-3,5-6,8-10,12,17,23-24H,4,7,11,13-16,18H2,1H3/t23-,24-/m0/s1. The van der Waals surface area contributed by atoms with Crippen LogP contribution in [0.2, 0.25) is 0 Å². The van der Waals surface area contributed by atoms with Crippen LogP contribution in [-0.4, -0.2) is 55.7 Å². The predicted octanol–water partition coefficient (Wildman–Crippen LogP) is 4.30. The molecule has 30 heavy (non-hydrogen) atoms. The molecule has 0 unspecified atom stereocenters. The number of aryl methyl sites for hydroxylation is 1. The third-order valence-electron chi connectivity index (χ3n) is 7.58. The van der Waals surface area contributed by atoms with E-state index in [1.165, 1.54) is 66.7 Å². The van der Waals surface area contributed by atoms with Gasteiger partial charge in [0.15, 0.2) is 0 Å². The van der Waals surface area contributed by atoms with Crippen LogP contribution in [0.1, 0.15) is 29.9 Å². The molecule has 0 bridgehead atoms. The average molecular weight is 399 g/mol. The zero-order valence-corrected chi connectivity index (χ0v) is 17.8. The molecule has 3 aromatic rings. The van der Waals surface area contributed by atoms with E-state index in [9.17, 15) is 0 Å². The highest BCUT2D eigenvalue weighted by Crippen LogP contribution is 2.50. The Morgan fingerprint density at radius 1 is 1.03 bits per heavy atom. The number of piperidine rings is 1. The predicted molar refractivity (Wildman–Crippen MR) is 125 cm³/mol. The zero-order valence-electron chi connectivity index (χ0n) is 17.8. The van der Waals surface area contributed by atoms with Crippen LogP contribution in [0.5, 0.6) is 0 Å². The molecule has 1 saturated heterocycles. The number of nitrogens with zero attached hydrogens (tertiary/aromatic N) is 4. The van der Waals surface area contributed by atoms with Crippen LogP contribution < -0.4 is 9.80 Å². The molecule has 4 heteroatoms. The molecule has 4 heterocycles. The number of anilines is 2. The lowest BCUT2D eigenvalue weighted by Crippen LogP contribution is -2.49. The fourth-order valence-electron chi connectivity index (χ4n) is 6.07. The first kappa shape index (κ1) is 18.2. The van der Waals surface area contributed by atoms with Crippen molar-refractivity contribution >= 4 is 22.1 Å². The number of fused-ring (bicyclic) bond motifs is 4. The largest absolute Gasteiger partial charge is 0.371 e. The first-order valence-electron chi connectivity index (χ1n) is 11.4. The Morgan fingerprint density at radius 2 is 1.97 bits per heavy atom. The van der Waals surface area contributed by atoms with Crippen molar-refractivity contribution in [1.82, 2.24) is 9.88 Å².